The largest absolute Gasteiger partial charge is 0.398 e. The van der Waals surface area contributed by atoms with Crippen LogP contribution < -0.4 is 16.8 Å². The Morgan fingerprint density at radius 1 is 1.28 bits per heavy atom. The van der Waals surface area contributed by atoms with Crippen LogP contribution in [0.5, 0.6) is 0 Å². The van der Waals surface area contributed by atoms with E-state index in [4.69, 9.17) is 11.5 Å². The average Bonchev–Trinajstić information content (AvgIpc) is 2.80. The van der Waals surface area contributed by atoms with E-state index in [-0.39, 0.29) is 0 Å². The zero-order valence-electron chi connectivity index (χ0n) is 20.8. The maximum atomic E-state index is 10.8. The van der Waals surface area contributed by atoms with E-state index in [9.17, 15) is 4.79 Å². The number of carbonyl (C=O) groups is 1. The lowest BCUT2D eigenvalue weighted by molar-refractivity contribution is 0.112. The zero-order chi connectivity index (χ0) is 24.9. The highest BCUT2D eigenvalue weighted by molar-refractivity contribution is 8.05. The second kappa shape index (κ2) is 20.6. The minimum atomic E-state index is -0.420. The molecule has 178 valence electrons. The predicted octanol–water partition coefficient (Wildman–Crippen LogP) is 6.87. The lowest BCUT2D eigenvalue weighted by atomic mass is 9.95. The summed E-state index contributed by atoms with van der Waals surface area (Å²) in [5.41, 5.74) is 15.2. The van der Waals surface area contributed by atoms with Crippen LogP contribution in [0, 0.1) is 6.92 Å². The number of aldehydes is 1. The summed E-state index contributed by atoms with van der Waals surface area (Å²) < 4.78 is 0. The number of thioether (sulfide) groups is 1. The molecular weight excluding hydrogens is 414 g/mol. The van der Waals surface area contributed by atoms with Crippen molar-refractivity contribution in [1.82, 2.24) is 5.32 Å². The molecule has 1 atom stereocenters. The van der Waals surface area contributed by atoms with Crippen LogP contribution in [0.1, 0.15) is 68.1 Å². The van der Waals surface area contributed by atoms with Crippen LogP contribution in [0.4, 0.5) is 5.69 Å². The minimum absolute atomic E-state index is 0.420. The number of hydrogen-bond acceptors (Lipinski definition) is 5. The molecule has 0 amide bonds. The molecule has 32 heavy (non-hydrogen) atoms. The smallest absolute Gasteiger partial charge is 0.150 e. The highest BCUT2D eigenvalue weighted by atomic mass is 32.2. The SMILES string of the molecule is C/C=C\C.C=CC(=C)C(N)c1cc(C=O)c(C)cc1N.CC1=CCC=CS1.CCCNC. The number of nitrogens with two attached hydrogens (primary N) is 2. The fourth-order valence-electron chi connectivity index (χ4n) is 2.23. The third-order valence-electron chi connectivity index (χ3n) is 4.32. The first-order chi connectivity index (χ1) is 15.2. The topological polar surface area (TPSA) is 81.1 Å². The van der Waals surface area contributed by atoms with Crippen molar-refractivity contribution < 1.29 is 4.79 Å². The summed E-state index contributed by atoms with van der Waals surface area (Å²) in [6.07, 6.45) is 13.1. The number of rotatable bonds is 6. The van der Waals surface area contributed by atoms with Gasteiger partial charge in [-0.1, -0.05) is 50.5 Å². The van der Waals surface area contributed by atoms with E-state index in [0.717, 1.165) is 24.8 Å². The van der Waals surface area contributed by atoms with E-state index in [2.05, 4.69) is 49.9 Å². The van der Waals surface area contributed by atoms with Gasteiger partial charge in [-0.05, 0) is 93.3 Å². The van der Waals surface area contributed by atoms with Gasteiger partial charge in [-0.3, -0.25) is 4.79 Å². The Morgan fingerprint density at radius 3 is 2.22 bits per heavy atom. The van der Waals surface area contributed by atoms with Gasteiger partial charge in [0.1, 0.15) is 6.29 Å². The van der Waals surface area contributed by atoms with Crippen LogP contribution >= 0.6 is 11.8 Å². The van der Waals surface area contributed by atoms with Crippen molar-refractivity contribution in [2.75, 3.05) is 19.3 Å². The Bertz CT molecular complexity index is 773. The van der Waals surface area contributed by atoms with Gasteiger partial charge < -0.3 is 16.8 Å². The fraction of sp³-hybridized carbons (Fsp3) is 0.370. The minimum Gasteiger partial charge on any atom is -0.398 e. The van der Waals surface area contributed by atoms with Crippen molar-refractivity contribution in [1.29, 1.82) is 0 Å². The van der Waals surface area contributed by atoms with Gasteiger partial charge >= 0.3 is 0 Å². The summed E-state index contributed by atoms with van der Waals surface area (Å²) in [5, 5.41) is 5.15. The monoisotopic (exact) mass is 457 g/mol. The zero-order valence-corrected chi connectivity index (χ0v) is 21.6. The number of nitrogens with one attached hydrogen (secondary N) is 1. The molecular formula is C27H43N3OS. The maximum Gasteiger partial charge on any atom is 0.150 e. The quantitative estimate of drug-likeness (QED) is 0.188. The van der Waals surface area contributed by atoms with Crippen LogP contribution in [0.25, 0.3) is 0 Å². The Morgan fingerprint density at radius 2 is 1.91 bits per heavy atom. The first kappa shape index (κ1) is 31.8. The van der Waals surface area contributed by atoms with Crippen molar-refractivity contribution in [3.63, 3.8) is 0 Å². The molecule has 2 rings (SSSR count). The molecule has 1 aliphatic rings. The molecule has 1 aromatic carbocycles. The number of benzene rings is 1. The van der Waals surface area contributed by atoms with E-state index in [1.54, 1.807) is 30.0 Å². The molecule has 1 aliphatic heterocycles. The third-order valence-corrected chi connectivity index (χ3v) is 5.19. The molecule has 1 heterocycles. The van der Waals surface area contributed by atoms with Crippen LogP contribution in [0.15, 0.2) is 71.6 Å². The van der Waals surface area contributed by atoms with Crippen molar-refractivity contribution in [2.45, 2.75) is 53.5 Å². The van der Waals surface area contributed by atoms with Crippen LogP contribution in [-0.4, -0.2) is 19.9 Å². The van der Waals surface area contributed by atoms with Crippen LogP contribution in [0.2, 0.25) is 0 Å². The van der Waals surface area contributed by atoms with Gasteiger partial charge in [0.2, 0.25) is 0 Å². The molecule has 5 heteroatoms. The summed E-state index contributed by atoms with van der Waals surface area (Å²) in [6, 6.07) is 3.03. The van der Waals surface area contributed by atoms with E-state index in [1.165, 1.54) is 11.3 Å². The summed E-state index contributed by atoms with van der Waals surface area (Å²) >= 11 is 1.80. The number of aryl methyl sites for hydroxylation is 1. The molecule has 0 aliphatic carbocycles. The molecule has 0 spiro atoms. The predicted molar refractivity (Wildman–Crippen MR) is 147 cm³/mol. The number of hydrogen-bond donors (Lipinski definition) is 3. The Balaban J connectivity index is 0. The second-order valence-corrected chi connectivity index (χ2v) is 8.17. The molecule has 0 saturated carbocycles. The van der Waals surface area contributed by atoms with Gasteiger partial charge in [0.25, 0.3) is 0 Å². The fourth-order valence-corrected chi connectivity index (χ4v) is 2.85. The maximum absolute atomic E-state index is 10.8. The van der Waals surface area contributed by atoms with Gasteiger partial charge in [-0.15, -0.1) is 11.8 Å². The molecule has 0 bridgehead atoms. The first-order valence-electron chi connectivity index (χ1n) is 10.9. The van der Waals surface area contributed by atoms with Gasteiger partial charge in [0.15, 0.2) is 0 Å². The third kappa shape index (κ3) is 14.6. The Labute approximate surface area is 200 Å². The highest BCUT2D eigenvalue weighted by Gasteiger charge is 2.13. The normalized spacial score (nSPS) is 12.7. The lowest BCUT2D eigenvalue weighted by Gasteiger charge is -2.16. The number of carbonyl (C=O) groups excluding carboxylic acids is 1. The van der Waals surface area contributed by atoms with Crippen molar-refractivity contribution in [3.8, 4) is 0 Å². The van der Waals surface area contributed by atoms with Crippen molar-refractivity contribution in [2.24, 2.45) is 5.73 Å². The molecule has 0 fully saturated rings. The van der Waals surface area contributed by atoms with Gasteiger partial charge in [-0.25, -0.2) is 0 Å². The van der Waals surface area contributed by atoms with Crippen molar-refractivity contribution in [3.05, 3.63) is 88.2 Å². The standard InChI is InChI=1S/C13H16N2O.C6H8S.C4H11N.C4H8/c1-4-8(2)13(15)11-6-10(7-16)9(3)5-12(11)14;1-6-4-2-3-5-7-6;1-3-4-5-2;1-3-4-2/h4-7,13H,1-2,14-15H2,3H3;3-5H,2H2,1H3;5H,3-4H2,1-2H3;3-4H,1-2H3/b;;;4-3-. The van der Waals surface area contributed by atoms with Gasteiger partial charge in [0, 0.05) is 11.3 Å². The van der Waals surface area contributed by atoms with E-state index in [1.807, 2.05) is 40.0 Å². The average molecular weight is 458 g/mol. The summed E-state index contributed by atoms with van der Waals surface area (Å²) in [4.78, 5) is 12.2. The Kier molecular flexibility index (Phi) is 20.5. The first-order valence-corrected chi connectivity index (χ1v) is 11.7. The molecule has 0 radical (unpaired) electrons. The van der Waals surface area contributed by atoms with E-state index in [0.29, 0.717) is 22.4 Å². The van der Waals surface area contributed by atoms with Gasteiger partial charge in [-0.2, -0.15) is 0 Å². The number of nitrogen functional groups attached to an aromatic ring is 1. The molecule has 0 saturated heterocycles. The molecule has 1 unspecified atom stereocenters. The number of anilines is 1. The highest BCUT2D eigenvalue weighted by Crippen LogP contribution is 2.26. The molecule has 1 aromatic rings. The summed E-state index contributed by atoms with van der Waals surface area (Å²) in [7, 11) is 1.96. The molecule has 0 aromatic heterocycles. The van der Waals surface area contributed by atoms with Crippen LogP contribution in [0.3, 0.4) is 0 Å². The van der Waals surface area contributed by atoms with Crippen LogP contribution in [-0.2, 0) is 0 Å². The summed E-state index contributed by atoms with van der Waals surface area (Å²) in [5.74, 6) is 0. The molecule has 5 N–H and O–H groups in total. The summed E-state index contributed by atoms with van der Waals surface area (Å²) in [6.45, 7) is 18.6. The van der Waals surface area contributed by atoms with Gasteiger partial charge in [0.05, 0.1) is 6.04 Å². The van der Waals surface area contributed by atoms with E-state index < -0.39 is 6.04 Å². The molecule has 4 nitrogen and oxygen atoms in total. The Hall–Kier alpha value is -2.34. The van der Waals surface area contributed by atoms with E-state index >= 15 is 0 Å². The second-order valence-electron chi connectivity index (χ2n) is 7.02. The number of allylic oxidation sites excluding steroid dienone is 5. The lowest BCUT2D eigenvalue weighted by Crippen LogP contribution is -2.14. The van der Waals surface area contributed by atoms with Crippen molar-refractivity contribution >= 4 is 23.7 Å².